The molecule has 0 heterocycles. The van der Waals surface area contributed by atoms with Gasteiger partial charge in [-0.3, -0.25) is 0 Å². The lowest BCUT2D eigenvalue weighted by Gasteiger charge is -2.21. The highest BCUT2D eigenvalue weighted by molar-refractivity contribution is 5.43. The van der Waals surface area contributed by atoms with Crippen molar-refractivity contribution in [1.82, 2.24) is 0 Å². The van der Waals surface area contributed by atoms with Gasteiger partial charge in [-0.05, 0) is 49.6 Å². The smallest absolute Gasteiger partial charge is 0.133 e. The number of aryl methyl sites for hydroxylation is 2. The summed E-state index contributed by atoms with van der Waals surface area (Å²) in [6.45, 7) is 5.93. The second kappa shape index (κ2) is 5.65. The second-order valence-electron chi connectivity index (χ2n) is 5.33. The highest BCUT2D eigenvalue weighted by atomic mass is 16.5. The maximum atomic E-state index is 10.1. The van der Waals surface area contributed by atoms with Gasteiger partial charge >= 0.3 is 0 Å². The van der Waals surface area contributed by atoms with Crippen molar-refractivity contribution in [1.29, 1.82) is 0 Å². The number of hydrogen-bond acceptors (Lipinski definition) is 3. The third-order valence-corrected chi connectivity index (χ3v) is 3.50. The van der Waals surface area contributed by atoms with Gasteiger partial charge in [0, 0.05) is 6.54 Å². The molecule has 0 radical (unpaired) electrons. The van der Waals surface area contributed by atoms with Gasteiger partial charge in [-0.2, -0.15) is 0 Å². The molecule has 3 N–H and O–H groups in total. The molecule has 0 aliphatic rings. The fraction of sp³-hybridized carbons (Fsp3) is 0.294. The van der Waals surface area contributed by atoms with E-state index in [0.717, 1.165) is 28.2 Å². The zero-order valence-electron chi connectivity index (χ0n) is 12.2. The number of hydrogen-bond donors (Lipinski definition) is 2. The molecular formula is C17H21NO2. The van der Waals surface area contributed by atoms with E-state index < -0.39 is 5.60 Å². The number of nitrogens with two attached hydrogens (primary N) is 1. The van der Waals surface area contributed by atoms with Crippen molar-refractivity contribution in [3.63, 3.8) is 0 Å². The maximum absolute atomic E-state index is 10.1. The third kappa shape index (κ3) is 3.00. The molecule has 0 aliphatic heterocycles. The maximum Gasteiger partial charge on any atom is 0.133 e. The highest BCUT2D eigenvalue weighted by Crippen LogP contribution is 2.29. The van der Waals surface area contributed by atoms with Crippen molar-refractivity contribution in [2.45, 2.75) is 26.4 Å². The first-order valence-electron chi connectivity index (χ1n) is 6.71. The van der Waals surface area contributed by atoms with Gasteiger partial charge in [-0.15, -0.1) is 0 Å². The number of ether oxygens (including phenoxy) is 1. The van der Waals surface area contributed by atoms with Crippen molar-refractivity contribution >= 4 is 0 Å². The van der Waals surface area contributed by atoms with E-state index in [-0.39, 0.29) is 6.54 Å². The zero-order chi connectivity index (χ0) is 14.8. The van der Waals surface area contributed by atoms with Crippen LogP contribution in [0.25, 0.3) is 0 Å². The molecule has 1 atom stereocenters. The van der Waals surface area contributed by atoms with Gasteiger partial charge < -0.3 is 15.6 Å². The van der Waals surface area contributed by atoms with Gasteiger partial charge in [0.15, 0.2) is 0 Å². The molecular weight excluding hydrogens is 250 g/mol. The molecule has 0 aromatic heterocycles. The van der Waals surface area contributed by atoms with Crippen LogP contribution in [0, 0.1) is 13.8 Å². The van der Waals surface area contributed by atoms with Crippen LogP contribution < -0.4 is 10.5 Å². The molecule has 2 aromatic carbocycles. The average Bonchev–Trinajstić information content (AvgIpc) is 2.43. The summed E-state index contributed by atoms with van der Waals surface area (Å²) in [4.78, 5) is 0. The first-order chi connectivity index (χ1) is 9.44. The molecule has 106 valence electrons. The zero-order valence-corrected chi connectivity index (χ0v) is 12.2. The minimum Gasteiger partial charge on any atom is -0.457 e. The molecule has 0 saturated heterocycles. The summed E-state index contributed by atoms with van der Waals surface area (Å²) >= 11 is 0. The molecule has 0 spiro atoms. The lowest BCUT2D eigenvalue weighted by molar-refractivity contribution is 0.0668. The van der Waals surface area contributed by atoms with Crippen LogP contribution in [0.5, 0.6) is 11.5 Å². The molecule has 2 aromatic rings. The van der Waals surface area contributed by atoms with Gasteiger partial charge in [0.1, 0.15) is 11.5 Å². The molecule has 20 heavy (non-hydrogen) atoms. The Kier molecular flexibility index (Phi) is 4.12. The summed E-state index contributed by atoms with van der Waals surface area (Å²) in [5.41, 5.74) is 7.54. The highest BCUT2D eigenvalue weighted by Gasteiger charge is 2.20. The Morgan fingerprint density at radius 3 is 2.10 bits per heavy atom. The van der Waals surface area contributed by atoms with Crippen LogP contribution in [0.15, 0.2) is 42.5 Å². The van der Waals surface area contributed by atoms with Crippen LogP contribution in [-0.4, -0.2) is 11.7 Å². The summed E-state index contributed by atoms with van der Waals surface area (Å²) in [5.74, 6) is 1.63. The number of para-hydroxylation sites is 1. The Labute approximate surface area is 120 Å². The van der Waals surface area contributed by atoms with Gasteiger partial charge in [0.05, 0.1) is 5.60 Å². The predicted molar refractivity (Wildman–Crippen MR) is 81.1 cm³/mol. The van der Waals surface area contributed by atoms with E-state index in [1.165, 1.54) is 0 Å². The number of benzene rings is 2. The van der Waals surface area contributed by atoms with Crippen LogP contribution in [-0.2, 0) is 5.60 Å². The molecule has 0 bridgehead atoms. The Bertz CT molecular complexity index is 568. The van der Waals surface area contributed by atoms with Crippen molar-refractivity contribution in [2.24, 2.45) is 5.73 Å². The van der Waals surface area contributed by atoms with E-state index in [4.69, 9.17) is 10.5 Å². The molecule has 0 saturated carbocycles. The van der Waals surface area contributed by atoms with E-state index in [1.807, 2.05) is 56.3 Å². The molecule has 0 aliphatic carbocycles. The Morgan fingerprint density at radius 2 is 1.60 bits per heavy atom. The molecule has 3 nitrogen and oxygen atoms in total. The summed E-state index contributed by atoms with van der Waals surface area (Å²) in [6, 6.07) is 13.5. The van der Waals surface area contributed by atoms with E-state index in [9.17, 15) is 5.11 Å². The summed E-state index contributed by atoms with van der Waals surface area (Å²) in [5, 5.41) is 10.1. The van der Waals surface area contributed by atoms with Crippen molar-refractivity contribution in [2.75, 3.05) is 6.54 Å². The van der Waals surface area contributed by atoms with Crippen LogP contribution in [0.2, 0.25) is 0 Å². The Balaban J connectivity index is 2.24. The minimum atomic E-state index is -1.00. The second-order valence-corrected chi connectivity index (χ2v) is 5.33. The largest absolute Gasteiger partial charge is 0.457 e. The van der Waals surface area contributed by atoms with Crippen LogP contribution >= 0.6 is 0 Å². The van der Waals surface area contributed by atoms with Crippen molar-refractivity contribution < 1.29 is 9.84 Å². The van der Waals surface area contributed by atoms with Crippen molar-refractivity contribution in [3.05, 3.63) is 59.2 Å². The molecule has 2 rings (SSSR count). The summed E-state index contributed by atoms with van der Waals surface area (Å²) in [7, 11) is 0. The van der Waals surface area contributed by atoms with Crippen LogP contribution in [0.4, 0.5) is 0 Å². The number of rotatable bonds is 4. The van der Waals surface area contributed by atoms with E-state index in [0.29, 0.717) is 0 Å². The summed E-state index contributed by atoms with van der Waals surface area (Å²) < 4.78 is 5.93. The number of aliphatic hydroxyl groups is 1. The fourth-order valence-corrected chi connectivity index (χ4v) is 2.08. The quantitative estimate of drug-likeness (QED) is 0.897. The molecule has 1 unspecified atom stereocenters. The normalized spacial score (nSPS) is 13.8. The van der Waals surface area contributed by atoms with E-state index in [2.05, 4.69) is 0 Å². The van der Waals surface area contributed by atoms with Gasteiger partial charge in [0.25, 0.3) is 0 Å². The molecule has 0 fully saturated rings. The lowest BCUT2D eigenvalue weighted by atomic mass is 9.96. The molecule has 3 heteroatoms. The lowest BCUT2D eigenvalue weighted by Crippen LogP contribution is -2.31. The first kappa shape index (κ1) is 14.6. The average molecular weight is 271 g/mol. The summed E-state index contributed by atoms with van der Waals surface area (Å²) in [6.07, 6.45) is 0. The monoisotopic (exact) mass is 271 g/mol. The predicted octanol–water partition coefficient (Wildman–Crippen LogP) is 3.26. The SMILES string of the molecule is Cc1cccc(C)c1Oc1ccc(C(C)(O)CN)cc1. The van der Waals surface area contributed by atoms with E-state index in [1.54, 1.807) is 6.92 Å². The standard InChI is InChI=1S/C17H21NO2/c1-12-5-4-6-13(2)16(12)20-15-9-7-14(8-10-15)17(3,19)11-18/h4-10,19H,11,18H2,1-3H3. The van der Waals surface area contributed by atoms with Crippen molar-refractivity contribution in [3.8, 4) is 11.5 Å². The van der Waals surface area contributed by atoms with Crippen LogP contribution in [0.1, 0.15) is 23.6 Å². The fourth-order valence-electron chi connectivity index (χ4n) is 2.08. The topological polar surface area (TPSA) is 55.5 Å². The van der Waals surface area contributed by atoms with Gasteiger partial charge in [-0.25, -0.2) is 0 Å². The molecule has 0 amide bonds. The van der Waals surface area contributed by atoms with Gasteiger partial charge in [-0.1, -0.05) is 30.3 Å². The first-order valence-corrected chi connectivity index (χ1v) is 6.71. The third-order valence-electron chi connectivity index (χ3n) is 3.50. The van der Waals surface area contributed by atoms with Crippen LogP contribution in [0.3, 0.4) is 0 Å². The minimum absolute atomic E-state index is 0.185. The van der Waals surface area contributed by atoms with E-state index >= 15 is 0 Å². The Morgan fingerprint density at radius 1 is 1.05 bits per heavy atom. The van der Waals surface area contributed by atoms with Gasteiger partial charge in [0.2, 0.25) is 0 Å². The Hall–Kier alpha value is -1.84.